The molecule has 2 aromatic heterocycles. The van der Waals surface area contributed by atoms with Crippen LogP contribution < -0.4 is 0 Å². The molecule has 6 rings (SSSR count). The molecule has 0 fully saturated rings. The summed E-state index contributed by atoms with van der Waals surface area (Å²) in [7, 11) is 0. The van der Waals surface area contributed by atoms with Gasteiger partial charge >= 0.3 is 0 Å². The molecule has 5 heteroatoms. The maximum atomic E-state index is 11.7. The average molecular weight is 809 g/mol. The second-order valence-corrected chi connectivity index (χ2v) is 13.9. The molecule has 4 nitrogen and oxygen atoms in total. The molecule has 0 saturated carbocycles. The molecule has 0 aliphatic heterocycles. The van der Waals surface area contributed by atoms with Gasteiger partial charge in [-0.3, -0.25) is 9.78 Å². The van der Waals surface area contributed by atoms with Gasteiger partial charge < -0.3 is 9.52 Å². The van der Waals surface area contributed by atoms with Gasteiger partial charge in [-0.1, -0.05) is 109 Å². The van der Waals surface area contributed by atoms with Crippen molar-refractivity contribution >= 4 is 38.6 Å². The van der Waals surface area contributed by atoms with Crippen LogP contribution in [-0.2, 0) is 30.3 Å². The van der Waals surface area contributed by atoms with Crippen molar-refractivity contribution in [2.45, 2.75) is 106 Å². The summed E-state index contributed by atoms with van der Waals surface area (Å²) in [6.45, 7) is 21.4. The molecule has 3 aromatic carbocycles. The summed E-state index contributed by atoms with van der Waals surface area (Å²) in [6, 6.07) is 19.1. The molecule has 0 amide bonds. The van der Waals surface area contributed by atoms with Gasteiger partial charge in [-0.15, -0.1) is 17.7 Å². The molecule has 0 bridgehead atoms. The number of hydrogen-bond acceptors (Lipinski definition) is 4. The summed E-state index contributed by atoms with van der Waals surface area (Å²) in [5, 5.41) is 13.4. The number of carbonyl (C=O) groups is 1. The zero-order valence-corrected chi connectivity index (χ0v) is 32.1. The molecule has 1 radical (unpaired) electrons. The van der Waals surface area contributed by atoms with Crippen LogP contribution in [0, 0.1) is 31.7 Å². The Bertz CT molecular complexity index is 1950. The molecule has 2 heterocycles. The molecule has 0 saturated heterocycles. The Morgan fingerprint density at radius 2 is 1.57 bits per heavy atom. The van der Waals surface area contributed by atoms with E-state index in [1.54, 1.807) is 0 Å². The Morgan fingerprint density at radius 3 is 2.19 bits per heavy atom. The number of fused-ring (bicyclic) bond motifs is 3. The van der Waals surface area contributed by atoms with Gasteiger partial charge in [0.05, 0.1) is 16.9 Å². The first-order valence-corrected chi connectivity index (χ1v) is 17.1. The van der Waals surface area contributed by atoms with Crippen molar-refractivity contribution in [2.24, 2.45) is 11.8 Å². The van der Waals surface area contributed by atoms with Gasteiger partial charge in [0.2, 0.25) is 0 Å². The number of furan rings is 1. The number of ketones is 1. The monoisotopic (exact) mass is 809 g/mol. The first kappa shape index (κ1) is 36.6. The third-order valence-corrected chi connectivity index (χ3v) is 10.2. The maximum Gasteiger partial charge on any atom is 0.162 e. The largest absolute Gasteiger partial charge is 0.512 e. The summed E-state index contributed by atoms with van der Waals surface area (Å²) >= 11 is 0. The van der Waals surface area contributed by atoms with E-state index < -0.39 is 0 Å². The van der Waals surface area contributed by atoms with Gasteiger partial charge in [0.15, 0.2) is 5.78 Å². The van der Waals surface area contributed by atoms with Gasteiger partial charge in [0.25, 0.3) is 0 Å². The van der Waals surface area contributed by atoms with E-state index in [-0.39, 0.29) is 48.9 Å². The minimum Gasteiger partial charge on any atom is -0.512 e. The topological polar surface area (TPSA) is 63.3 Å². The van der Waals surface area contributed by atoms with Gasteiger partial charge in [0.1, 0.15) is 5.58 Å². The minimum absolute atomic E-state index is 0. The smallest absolute Gasteiger partial charge is 0.162 e. The Hall–Kier alpha value is -3.27. The van der Waals surface area contributed by atoms with Crippen LogP contribution in [0.4, 0.5) is 0 Å². The Morgan fingerprint density at radius 1 is 0.915 bits per heavy atom. The quantitative estimate of drug-likeness (QED) is 0.0963. The second-order valence-electron chi connectivity index (χ2n) is 13.9. The normalized spacial score (nSPS) is 13.7. The molecule has 1 aliphatic carbocycles. The Labute approximate surface area is 294 Å². The zero-order chi connectivity index (χ0) is 33.5. The molecule has 0 unspecified atom stereocenters. The molecule has 0 atom stereocenters. The number of pyridine rings is 1. The van der Waals surface area contributed by atoms with Crippen molar-refractivity contribution in [3.8, 4) is 11.3 Å². The first-order chi connectivity index (χ1) is 21.9. The van der Waals surface area contributed by atoms with Crippen LogP contribution >= 0.6 is 0 Å². The molecule has 47 heavy (non-hydrogen) atoms. The van der Waals surface area contributed by atoms with E-state index in [4.69, 9.17) is 9.40 Å². The Kier molecular flexibility index (Phi) is 11.3. The molecule has 5 aromatic rings. The SMILES string of the molecule is CCC(CC)C(=O)/C=C(\O)C(CC)CC.Cc1ccc2nc3c(cc2c1)C(C)(C)c1ccc(C(C)C)c2oc4c(C)c[c-]c-3c4c12.[Ir]. The second kappa shape index (κ2) is 14.5. The number of benzene rings is 3. The number of aliphatic hydroxyl groups excluding tert-OH is 1. The minimum atomic E-state index is -0.217. The Balaban J connectivity index is 0.000000269. The summed E-state index contributed by atoms with van der Waals surface area (Å²) < 4.78 is 6.60. The molecular weight excluding hydrogens is 759 g/mol. The van der Waals surface area contributed by atoms with E-state index in [0.717, 1.165) is 59.2 Å². The van der Waals surface area contributed by atoms with E-state index in [2.05, 4.69) is 90.1 Å². The van der Waals surface area contributed by atoms with Crippen LogP contribution in [0.2, 0.25) is 0 Å². The summed E-state index contributed by atoms with van der Waals surface area (Å²) in [5.41, 5.74) is 11.1. The number of nitrogens with zero attached hydrogens (tertiary/aromatic N) is 1. The van der Waals surface area contributed by atoms with Crippen molar-refractivity contribution in [1.82, 2.24) is 4.98 Å². The predicted molar refractivity (Wildman–Crippen MR) is 193 cm³/mol. The number of aryl methyl sites for hydroxylation is 2. The fraction of sp³-hybridized carbons (Fsp3) is 0.429. The average Bonchev–Trinajstić information content (AvgIpc) is 3.40. The standard InChI is InChI=1S/C29H26NO.C13H24O2.Ir/c1-15(2)19-10-11-21-25-24-20(9-8-17(4)27(24)31-28(19)25)26-22(29(21,5)6)14-18-13-16(3)7-12-23(18)30-26;1-5-10(6-2)12(14)9-13(15)11(7-3)8-4;/h7-8,10-15H,1-6H3;9-11,14H,5-8H2,1-4H3;/q-1;;/b;12-9-;. The van der Waals surface area contributed by atoms with E-state index in [0.29, 0.717) is 5.92 Å². The van der Waals surface area contributed by atoms with Crippen molar-refractivity contribution in [3.05, 3.63) is 88.2 Å². The maximum absolute atomic E-state index is 11.7. The van der Waals surface area contributed by atoms with E-state index >= 15 is 0 Å². The summed E-state index contributed by atoms with van der Waals surface area (Å²) in [5.74, 6) is 0.936. The van der Waals surface area contributed by atoms with Crippen molar-refractivity contribution in [2.75, 3.05) is 0 Å². The van der Waals surface area contributed by atoms with Crippen LogP contribution in [0.1, 0.15) is 115 Å². The molecule has 0 spiro atoms. The van der Waals surface area contributed by atoms with Crippen LogP contribution in [0.25, 0.3) is 44.1 Å². The number of carbonyl (C=O) groups excluding carboxylic acids is 1. The number of rotatable bonds is 8. The fourth-order valence-corrected chi connectivity index (χ4v) is 7.11. The third kappa shape index (κ3) is 6.59. The van der Waals surface area contributed by atoms with Gasteiger partial charge in [-0.25, -0.2) is 0 Å². The van der Waals surface area contributed by atoms with E-state index in [9.17, 15) is 9.90 Å². The summed E-state index contributed by atoms with van der Waals surface area (Å²) in [4.78, 5) is 16.9. The van der Waals surface area contributed by atoms with E-state index in [1.165, 1.54) is 44.5 Å². The van der Waals surface area contributed by atoms with Gasteiger partial charge in [-0.2, -0.15) is 0 Å². The van der Waals surface area contributed by atoms with Crippen LogP contribution in [0.5, 0.6) is 0 Å². The van der Waals surface area contributed by atoms with Crippen molar-refractivity contribution < 1.29 is 34.4 Å². The van der Waals surface area contributed by atoms with Crippen molar-refractivity contribution in [3.63, 3.8) is 0 Å². The number of aromatic nitrogens is 1. The molecular formula is C42H50IrNO3-. The molecule has 251 valence electrons. The number of aliphatic hydroxyl groups is 1. The molecule has 1 aliphatic rings. The van der Waals surface area contributed by atoms with Crippen molar-refractivity contribution in [1.29, 1.82) is 0 Å². The third-order valence-electron chi connectivity index (χ3n) is 10.2. The van der Waals surface area contributed by atoms with Gasteiger partial charge in [0, 0.05) is 43.4 Å². The predicted octanol–water partition coefficient (Wildman–Crippen LogP) is 11.8. The van der Waals surface area contributed by atoms with Crippen LogP contribution in [0.3, 0.4) is 0 Å². The van der Waals surface area contributed by atoms with Gasteiger partial charge in [-0.05, 0) is 78.3 Å². The number of allylic oxidation sites excluding steroid dienone is 2. The summed E-state index contributed by atoms with van der Waals surface area (Å²) in [6.07, 6.45) is 4.91. The number of hydrogen-bond donors (Lipinski definition) is 1. The van der Waals surface area contributed by atoms with E-state index in [1.807, 2.05) is 27.7 Å². The zero-order valence-electron chi connectivity index (χ0n) is 29.7. The first-order valence-electron chi connectivity index (χ1n) is 17.1. The van der Waals surface area contributed by atoms with Crippen LogP contribution in [-0.4, -0.2) is 15.9 Å². The molecule has 1 N–H and O–H groups in total. The fourth-order valence-electron chi connectivity index (χ4n) is 7.11. The van der Waals surface area contributed by atoms with Crippen LogP contribution in [0.15, 0.2) is 58.7 Å².